The van der Waals surface area contributed by atoms with Crippen LogP contribution in [0.2, 0.25) is 0 Å². The van der Waals surface area contributed by atoms with Gasteiger partial charge in [0.25, 0.3) is 0 Å². The number of hydrogen-bond donors (Lipinski definition) is 1. The van der Waals surface area contributed by atoms with E-state index < -0.39 is 0 Å². The van der Waals surface area contributed by atoms with Gasteiger partial charge in [-0.15, -0.1) is 0 Å². The van der Waals surface area contributed by atoms with E-state index in [0.29, 0.717) is 12.1 Å². The van der Waals surface area contributed by atoms with Crippen LogP contribution in [0.3, 0.4) is 0 Å². The maximum absolute atomic E-state index is 11.4. The van der Waals surface area contributed by atoms with Gasteiger partial charge in [0.1, 0.15) is 11.5 Å². The molecule has 1 aromatic heterocycles. The molecule has 0 amide bonds. The standard InChI is InChI=1S/C15H17NO3/c1-10-8-12(15(17)18-3)5-7-14(10)16-9-13-6-4-11(2)19-13/h4-8,16H,9H2,1-3H3. The van der Waals surface area contributed by atoms with Crippen LogP contribution in [-0.4, -0.2) is 13.1 Å². The fourth-order valence-electron chi connectivity index (χ4n) is 1.87. The maximum Gasteiger partial charge on any atom is 0.337 e. The van der Waals surface area contributed by atoms with Crippen LogP contribution >= 0.6 is 0 Å². The van der Waals surface area contributed by atoms with E-state index in [1.807, 2.05) is 38.1 Å². The molecule has 1 aromatic carbocycles. The molecule has 0 aliphatic heterocycles. The predicted molar refractivity (Wildman–Crippen MR) is 73.3 cm³/mol. The fourth-order valence-corrected chi connectivity index (χ4v) is 1.87. The quantitative estimate of drug-likeness (QED) is 0.856. The molecule has 0 atom stereocenters. The predicted octanol–water partition coefficient (Wildman–Crippen LogP) is 3.30. The van der Waals surface area contributed by atoms with Crippen LogP contribution in [-0.2, 0) is 11.3 Å². The molecule has 1 heterocycles. The first-order chi connectivity index (χ1) is 9.10. The molecule has 0 unspecified atom stereocenters. The van der Waals surface area contributed by atoms with Crippen molar-refractivity contribution < 1.29 is 13.9 Å². The Morgan fingerprint density at radius 3 is 2.63 bits per heavy atom. The van der Waals surface area contributed by atoms with Gasteiger partial charge in [-0.25, -0.2) is 4.79 Å². The first-order valence-electron chi connectivity index (χ1n) is 6.08. The fraction of sp³-hybridized carbons (Fsp3) is 0.267. The average molecular weight is 259 g/mol. The van der Waals surface area contributed by atoms with Crippen molar-refractivity contribution in [2.45, 2.75) is 20.4 Å². The van der Waals surface area contributed by atoms with Crippen molar-refractivity contribution in [2.24, 2.45) is 0 Å². The van der Waals surface area contributed by atoms with Crippen LogP contribution < -0.4 is 5.32 Å². The van der Waals surface area contributed by atoms with Gasteiger partial charge in [-0.05, 0) is 49.7 Å². The summed E-state index contributed by atoms with van der Waals surface area (Å²) >= 11 is 0. The summed E-state index contributed by atoms with van der Waals surface area (Å²) in [6.07, 6.45) is 0. The minimum Gasteiger partial charge on any atom is -0.465 e. The zero-order valence-electron chi connectivity index (χ0n) is 11.3. The molecule has 19 heavy (non-hydrogen) atoms. The number of anilines is 1. The molecule has 0 bridgehead atoms. The second kappa shape index (κ2) is 5.61. The topological polar surface area (TPSA) is 51.5 Å². The highest BCUT2D eigenvalue weighted by atomic mass is 16.5. The molecule has 0 aliphatic carbocycles. The van der Waals surface area contributed by atoms with Crippen molar-refractivity contribution in [3.05, 3.63) is 53.0 Å². The lowest BCUT2D eigenvalue weighted by molar-refractivity contribution is 0.0600. The molecule has 100 valence electrons. The van der Waals surface area contributed by atoms with Crippen molar-refractivity contribution in [1.82, 2.24) is 0 Å². The van der Waals surface area contributed by atoms with Crippen molar-refractivity contribution in [3.8, 4) is 0 Å². The third-order valence-corrected chi connectivity index (χ3v) is 2.90. The zero-order chi connectivity index (χ0) is 13.8. The highest BCUT2D eigenvalue weighted by Gasteiger charge is 2.07. The number of nitrogens with one attached hydrogen (secondary N) is 1. The molecule has 1 N–H and O–H groups in total. The molecular weight excluding hydrogens is 242 g/mol. The Morgan fingerprint density at radius 2 is 2.05 bits per heavy atom. The number of esters is 1. The summed E-state index contributed by atoms with van der Waals surface area (Å²) in [6.45, 7) is 4.48. The van der Waals surface area contributed by atoms with Crippen LogP contribution in [0.5, 0.6) is 0 Å². The Hall–Kier alpha value is -2.23. The lowest BCUT2D eigenvalue weighted by atomic mass is 10.1. The molecule has 2 aromatic rings. The maximum atomic E-state index is 11.4. The van der Waals surface area contributed by atoms with Crippen LogP contribution in [0.25, 0.3) is 0 Å². The zero-order valence-corrected chi connectivity index (χ0v) is 11.3. The Balaban J connectivity index is 2.07. The Labute approximate surface area is 112 Å². The molecule has 4 heteroatoms. The van der Waals surface area contributed by atoms with E-state index in [-0.39, 0.29) is 5.97 Å². The van der Waals surface area contributed by atoms with Gasteiger partial charge >= 0.3 is 5.97 Å². The summed E-state index contributed by atoms with van der Waals surface area (Å²) in [5.41, 5.74) is 2.52. The first-order valence-corrected chi connectivity index (χ1v) is 6.08. The molecule has 0 saturated heterocycles. The molecule has 0 saturated carbocycles. The van der Waals surface area contributed by atoms with Crippen molar-refractivity contribution >= 4 is 11.7 Å². The van der Waals surface area contributed by atoms with Gasteiger partial charge in [0.2, 0.25) is 0 Å². The minimum atomic E-state index is -0.323. The van der Waals surface area contributed by atoms with Crippen LogP contribution in [0.15, 0.2) is 34.7 Å². The molecule has 4 nitrogen and oxygen atoms in total. The molecule has 0 fully saturated rings. The highest BCUT2D eigenvalue weighted by molar-refractivity contribution is 5.90. The van der Waals surface area contributed by atoms with E-state index in [9.17, 15) is 4.79 Å². The summed E-state index contributed by atoms with van der Waals surface area (Å²) in [5.74, 6) is 1.46. The summed E-state index contributed by atoms with van der Waals surface area (Å²) in [5, 5.41) is 3.28. The van der Waals surface area contributed by atoms with Crippen molar-refractivity contribution in [1.29, 1.82) is 0 Å². The number of aryl methyl sites for hydroxylation is 2. The second-order valence-electron chi connectivity index (χ2n) is 4.39. The van der Waals surface area contributed by atoms with Crippen LogP contribution in [0.1, 0.15) is 27.4 Å². The summed E-state index contributed by atoms with van der Waals surface area (Å²) in [7, 11) is 1.38. The number of rotatable bonds is 4. The van der Waals surface area contributed by atoms with E-state index >= 15 is 0 Å². The van der Waals surface area contributed by atoms with Gasteiger partial charge in [-0.3, -0.25) is 0 Å². The normalized spacial score (nSPS) is 10.3. The Kier molecular flexibility index (Phi) is 3.90. The summed E-state index contributed by atoms with van der Waals surface area (Å²) in [6, 6.07) is 9.30. The number of furan rings is 1. The van der Waals surface area contributed by atoms with E-state index in [2.05, 4.69) is 10.1 Å². The lowest BCUT2D eigenvalue weighted by Crippen LogP contribution is -2.04. The lowest BCUT2D eigenvalue weighted by Gasteiger charge is -2.09. The van der Waals surface area contributed by atoms with E-state index in [4.69, 9.17) is 4.42 Å². The van der Waals surface area contributed by atoms with Crippen LogP contribution in [0.4, 0.5) is 5.69 Å². The number of carbonyl (C=O) groups is 1. The monoisotopic (exact) mass is 259 g/mol. The second-order valence-corrected chi connectivity index (χ2v) is 4.39. The minimum absolute atomic E-state index is 0.323. The third kappa shape index (κ3) is 3.16. The summed E-state index contributed by atoms with van der Waals surface area (Å²) < 4.78 is 10.2. The highest BCUT2D eigenvalue weighted by Crippen LogP contribution is 2.18. The van der Waals surface area contributed by atoms with Gasteiger partial charge < -0.3 is 14.5 Å². The van der Waals surface area contributed by atoms with E-state index in [0.717, 1.165) is 22.8 Å². The SMILES string of the molecule is COC(=O)c1ccc(NCc2ccc(C)o2)c(C)c1. The van der Waals surface area contributed by atoms with E-state index in [1.54, 1.807) is 6.07 Å². The molecule has 0 radical (unpaired) electrons. The average Bonchev–Trinajstić information content (AvgIpc) is 2.82. The first kappa shape index (κ1) is 13.2. The van der Waals surface area contributed by atoms with Crippen molar-refractivity contribution in [3.63, 3.8) is 0 Å². The third-order valence-electron chi connectivity index (χ3n) is 2.90. The number of methoxy groups -OCH3 is 1. The van der Waals surface area contributed by atoms with Gasteiger partial charge in [0, 0.05) is 5.69 Å². The Bertz CT molecular complexity index is 587. The number of hydrogen-bond acceptors (Lipinski definition) is 4. The molecule has 0 spiro atoms. The van der Waals surface area contributed by atoms with E-state index in [1.165, 1.54) is 7.11 Å². The number of ether oxygens (including phenoxy) is 1. The molecule has 2 rings (SSSR count). The Morgan fingerprint density at radius 1 is 1.26 bits per heavy atom. The number of benzene rings is 1. The van der Waals surface area contributed by atoms with Gasteiger partial charge in [0.05, 0.1) is 19.2 Å². The van der Waals surface area contributed by atoms with Gasteiger partial charge in [-0.1, -0.05) is 0 Å². The molecule has 0 aliphatic rings. The van der Waals surface area contributed by atoms with Gasteiger partial charge in [0.15, 0.2) is 0 Å². The largest absolute Gasteiger partial charge is 0.465 e. The molecular formula is C15H17NO3. The van der Waals surface area contributed by atoms with Crippen molar-refractivity contribution in [2.75, 3.05) is 12.4 Å². The number of carbonyl (C=O) groups excluding carboxylic acids is 1. The van der Waals surface area contributed by atoms with Crippen LogP contribution in [0, 0.1) is 13.8 Å². The van der Waals surface area contributed by atoms with Gasteiger partial charge in [-0.2, -0.15) is 0 Å². The smallest absolute Gasteiger partial charge is 0.337 e. The summed E-state index contributed by atoms with van der Waals surface area (Å²) in [4.78, 5) is 11.4.